The van der Waals surface area contributed by atoms with Gasteiger partial charge < -0.3 is 10.4 Å². The summed E-state index contributed by atoms with van der Waals surface area (Å²) in [5.41, 5.74) is 0.689. The fourth-order valence-corrected chi connectivity index (χ4v) is 3.21. The van der Waals surface area contributed by atoms with Gasteiger partial charge in [0.05, 0.1) is 13.0 Å². The van der Waals surface area contributed by atoms with Gasteiger partial charge in [0.15, 0.2) is 0 Å². The zero-order valence-corrected chi connectivity index (χ0v) is 15.3. The Balaban J connectivity index is 1.87. The molecule has 0 bridgehead atoms. The second kappa shape index (κ2) is 8.36. The minimum Gasteiger partial charge on any atom is -0.384 e. The van der Waals surface area contributed by atoms with Crippen LogP contribution in [-0.4, -0.2) is 22.8 Å². The van der Waals surface area contributed by atoms with Crippen molar-refractivity contribution in [2.75, 3.05) is 6.54 Å². The van der Waals surface area contributed by atoms with Crippen molar-refractivity contribution in [1.82, 2.24) is 5.32 Å². The Morgan fingerprint density at radius 2 is 1.75 bits per heavy atom. The van der Waals surface area contributed by atoms with Crippen LogP contribution in [0.25, 0.3) is 0 Å². The van der Waals surface area contributed by atoms with Gasteiger partial charge in [-0.05, 0) is 30.2 Å². The molecular formula is C20H25NO2S. The van der Waals surface area contributed by atoms with Crippen LogP contribution in [0.5, 0.6) is 0 Å². The highest BCUT2D eigenvalue weighted by Gasteiger charge is 2.23. The summed E-state index contributed by atoms with van der Waals surface area (Å²) in [6.07, 6.45) is 0.317. The van der Waals surface area contributed by atoms with Crippen LogP contribution in [0.3, 0.4) is 0 Å². The van der Waals surface area contributed by atoms with Crippen LogP contribution in [0.4, 0.5) is 0 Å². The first-order chi connectivity index (χ1) is 11.4. The van der Waals surface area contributed by atoms with Crippen molar-refractivity contribution in [3.8, 4) is 0 Å². The Morgan fingerprint density at radius 3 is 2.33 bits per heavy atom. The standard InChI is InChI=1S/C20H25NO2S/c1-15(2)24-18-11-9-16(10-12-18)13-19(22)21-14-20(3,23)17-7-5-4-6-8-17/h4-12,15,23H,13-14H2,1-3H3,(H,21,22). The van der Waals surface area contributed by atoms with E-state index in [2.05, 4.69) is 19.2 Å². The molecule has 0 aliphatic rings. The number of carbonyl (C=O) groups excluding carboxylic acids is 1. The minimum atomic E-state index is -1.07. The molecule has 2 rings (SSSR count). The third-order valence-corrected chi connectivity index (χ3v) is 4.70. The third kappa shape index (κ3) is 5.69. The van der Waals surface area contributed by atoms with Crippen molar-refractivity contribution in [3.63, 3.8) is 0 Å². The fraction of sp³-hybridized carbons (Fsp3) is 0.350. The zero-order chi connectivity index (χ0) is 17.6. The number of benzene rings is 2. The first kappa shape index (κ1) is 18.6. The van der Waals surface area contributed by atoms with Crippen molar-refractivity contribution in [2.45, 2.75) is 42.9 Å². The quantitative estimate of drug-likeness (QED) is 0.753. The molecule has 0 aliphatic carbocycles. The minimum absolute atomic E-state index is 0.0875. The van der Waals surface area contributed by atoms with E-state index in [0.717, 1.165) is 11.1 Å². The van der Waals surface area contributed by atoms with Gasteiger partial charge in [-0.15, -0.1) is 11.8 Å². The maximum absolute atomic E-state index is 12.1. The Bertz CT molecular complexity index is 651. The number of hydrogen-bond acceptors (Lipinski definition) is 3. The topological polar surface area (TPSA) is 49.3 Å². The highest BCUT2D eigenvalue weighted by molar-refractivity contribution is 7.99. The number of rotatable bonds is 7. The number of thioether (sulfide) groups is 1. The van der Waals surface area contributed by atoms with Crippen molar-refractivity contribution in [3.05, 3.63) is 65.7 Å². The van der Waals surface area contributed by atoms with Gasteiger partial charge in [-0.1, -0.05) is 56.3 Å². The molecule has 0 saturated carbocycles. The Morgan fingerprint density at radius 1 is 1.12 bits per heavy atom. The van der Waals surface area contributed by atoms with Crippen molar-refractivity contribution < 1.29 is 9.90 Å². The predicted molar refractivity (Wildman–Crippen MR) is 100 cm³/mol. The van der Waals surface area contributed by atoms with E-state index in [-0.39, 0.29) is 12.5 Å². The molecule has 24 heavy (non-hydrogen) atoms. The average Bonchev–Trinajstić information content (AvgIpc) is 2.55. The lowest BCUT2D eigenvalue weighted by Gasteiger charge is -2.24. The first-order valence-corrected chi connectivity index (χ1v) is 9.05. The molecule has 2 aromatic rings. The third-order valence-electron chi connectivity index (χ3n) is 3.69. The van der Waals surface area contributed by atoms with Gasteiger partial charge >= 0.3 is 0 Å². The summed E-state index contributed by atoms with van der Waals surface area (Å²) in [4.78, 5) is 13.3. The maximum Gasteiger partial charge on any atom is 0.224 e. The van der Waals surface area contributed by atoms with E-state index in [1.165, 1.54) is 4.90 Å². The van der Waals surface area contributed by atoms with Gasteiger partial charge in [-0.2, -0.15) is 0 Å². The average molecular weight is 343 g/mol. The van der Waals surface area contributed by atoms with Crippen molar-refractivity contribution >= 4 is 17.7 Å². The molecule has 2 N–H and O–H groups in total. The molecule has 2 aromatic carbocycles. The Kier molecular flexibility index (Phi) is 6.46. The van der Waals surface area contributed by atoms with E-state index in [9.17, 15) is 9.90 Å². The van der Waals surface area contributed by atoms with E-state index in [0.29, 0.717) is 11.7 Å². The largest absolute Gasteiger partial charge is 0.384 e. The molecule has 0 aromatic heterocycles. The summed E-state index contributed by atoms with van der Waals surface area (Å²) in [5.74, 6) is -0.0875. The first-order valence-electron chi connectivity index (χ1n) is 8.17. The molecule has 3 nitrogen and oxygen atoms in total. The highest BCUT2D eigenvalue weighted by atomic mass is 32.2. The van der Waals surface area contributed by atoms with E-state index >= 15 is 0 Å². The van der Waals surface area contributed by atoms with Gasteiger partial charge in [0.1, 0.15) is 5.60 Å². The van der Waals surface area contributed by atoms with E-state index in [4.69, 9.17) is 0 Å². The molecule has 1 amide bonds. The Hall–Kier alpha value is -1.78. The van der Waals surface area contributed by atoms with Gasteiger partial charge in [0, 0.05) is 10.1 Å². The molecule has 0 radical (unpaired) electrons. The SMILES string of the molecule is CC(C)Sc1ccc(CC(=O)NCC(C)(O)c2ccccc2)cc1. The molecule has 0 spiro atoms. The molecule has 0 heterocycles. The summed E-state index contributed by atoms with van der Waals surface area (Å²) in [6.45, 7) is 6.22. The summed E-state index contributed by atoms with van der Waals surface area (Å²) < 4.78 is 0. The Labute approximate surface area is 148 Å². The van der Waals surface area contributed by atoms with Gasteiger partial charge in [-0.25, -0.2) is 0 Å². The fourth-order valence-electron chi connectivity index (χ4n) is 2.38. The summed E-state index contributed by atoms with van der Waals surface area (Å²) in [7, 11) is 0. The lowest BCUT2D eigenvalue weighted by molar-refractivity contribution is -0.121. The molecule has 0 saturated heterocycles. The maximum atomic E-state index is 12.1. The molecule has 0 fully saturated rings. The lowest BCUT2D eigenvalue weighted by Crippen LogP contribution is -2.39. The zero-order valence-electron chi connectivity index (χ0n) is 14.5. The summed E-state index contributed by atoms with van der Waals surface area (Å²) in [6, 6.07) is 17.4. The number of aliphatic hydroxyl groups is 1. The van der Waals surface area contributed by atoms with Crippen LogP contribution in [0, 0.1) is 0 Å². The summed E-state index contributed by atoms with van der Waals surface area (Å²) in [5, 5.41) is 13.9. The lowest BCUT2D eigenvalue weighted by atomic mass is 9.96. The molecular weight excluding hydrogens is 318 g/mol. The second-order valence-electron chi connectivity index (χ2n) is 6.40. The van der Waals surface area contributed by atoms with Gasteiger partial charge in [0.2, 0.25) is 5.91 Å². The second-order valence-corrected chi connectivity index (χ2v) is 8.05. The molecule has 128 valence electrons. The summed E-state index contributed by atoms with van der Waals surface area (Å²) >= 11 is 1.80. The van der Waals surface area contributed by atoms with Crippen LogP contribution in [-0.2, 0) is 16.8 Å². The predicted octanol–water partition coefficient (Wildman–Crippen LogP) is 3.75. The van der Waals surface area contributed by atoms with Crippen LogP contribution in [0.15, 0.2) is 59.5 Å². The van der Waals surface area contributed by atoms with Crippen LogP contribution in [0.1, 0.15) is 31.9 Å². The van der Waals surface area contributed by atoms with E-state index in [1.54, 1.807) is 18.7 Å². The van der Waals surface area contributed by atoms with Crippen molar-refractivity contribution in [1.29, 1.82) is 0 Å². The monoisotopic (exact) mass is 343 g/mol. The molecule has 4 heteroatoms. The van der Waals surface area contributed by atoms with Crippen LogP contribution in [0.2, 0.25) is 0 Å². The molecule has 1 atom stereocenters. The highest BCUT2D eigenvalue weighted by Crippen LogP contribution is 2.23. The number of hydrogen-bond donors (Lipinski definition) is 2. The normalized spacial score (nSPS) is 13.5. The number of amides is 1. The smallest absolute Gasteiger partial charge is 0.224 e. The molecule has 0 aliphatic heterocycles. The van der Waals surface area contributed by atoms with Crippen molar-refractivity contribution in [2.24, 2.45) is 0 Å². The van der Waals surface area contributed by atoms with E-state index in [1.807, 2.05) is 54.6 Å². The van der Waals surface area contributed by atoms with Crippen LogP contribution >= 0.6 is 11.8 Å². The number of carbonyl (C=O) groups is 1. The number of nitrogens with one attached hydrogen (secondary N) is 1. The van der Waals surface area contributed by atoms with Gasteiger partial charge in [0.25, 0.3) is 0 Å². The molecule has 1 unspecified atom stereocenters. The van der Waals surface area contributed by atoms with Gasteiger partial charge in [-0.3, -0.25) is 4.79 Å². The van der Waals surface area contributed by atoms with Crippen LogP contribution < -0.4 is 5.32 Å². The van der Waals surface area contributed by atoms with E-state index < -0.39 is 5.60 Å².